The summed E-state index contributed by atoms with van der Waals surface area (Å²) in [6.45, 7) is 3.63. The average molecular weight is 261 g/mol. The summed E-state index contributed by atoms with van der Waals surface area (Å²) in [4.78, 5) is 13.0. The summed E-state index contributed by atoms with van der Waals surface area (Å²) in [7, 11) is 0. The van der Waals surface area contributed by atoms with Gasteiger partial charge in [-0.05, 0) is 57.2 Å². The van der Waals surface area contributed by atoms with Gasteiger partial charge in [-0.1, -0.05) is 30.3 Å². The molecule has 0 amide bonds. The molecule has 104 valence electrons. The summed E-state index contributed by atoms with van der Waals surface area (Å²) < 4.78 is 0. The third-order valence-corrected chi connectivity index (χ3v) is 4.24. The Kier molecular flexibility index (Phi) is 4.97. The van der Waals surface area contributed by atoms with Gasteiger partial charge >= 0.3 is 5.97 Å². The van der Waals surface area contributed by atoms with Crippen molar-refractivity contribution in [3.63, 3.8) is 0 Å². The lowest BCUT2D eigenvalue weighted by molar-refractivity contribution is -0.143. The summed E-state index contributed by atoms with van der Waals surface area (Å²) in [5, 5.41) is 9.01. The molecule has 0 aromatic heterocycles. The number of nitrogens with zero attached hydrogens (tertiary/aromatic N) is 1. The van der Waals surface area contributed by atoms with Crippen LogP contribution in [0.2, 0.25) is 0 Å². The van der Waals surface area contributed by atoms with Crippen LogP contribution in [-0.4, -0.2) is 35.1 Å². The molecule has 1 aromatic rings. The fourth-order valence-corrected chi connectivity index (χ4v) is 2.80. The fraction of sp³-hybridized carbons (Fsp3) is 0.562. The van der Waals surface area contributed by atoms with Crippen LogP contribution in [0.5, 0.6) is 0 Å². The van der Waals surface area contributed by atoms with E-state index in [1.54, 1.807) is 6.92 Å². The Morgan fingerprint density at radius 2 is 1.95 bits per heavy atom. The summed E-state index contributed by atoms with van der Waals surface area (Å²) in [5.74, 6) is 0.0418. The van der Waals surface area contributed by atoms with E-state index >= 15 is 0 Å². The number of benzene rings is 1. The zero-order valence-electron chi connectivity index (χ0n) is 11.6. The quantitative estimate of drug-likeness (QED) is 0.886. The van der Waals surface area contributed by atoms with Gasteiger partial charge in [-0.15, -0.1) is 0 Å². The van der Waals surface area contributed by atoms with Crippen LogP contribution < -0.4 is 0 Å². The Morgan fingerprint density at radius 3 is 2.53 bits per heavy atom. The molecule has 0 spiro atoms. The monoisotopic (exact) mass is 261 g/mol. The number of hydrogen-bond donors (Lipinski definition) is 1. The summed E-state index contributed by atoms with van der Waals surface area (Å²) in [5.41, 5.74) is 1.41. The van der Waals surface area contributed by atoms with Crippen molar-refractivity contribution < 1.29 is 9.90 Å². The molecule has 1 unspecified atom stereocenters. The zero-order chi connectivity index (χ0) is 13.7. The van der Waals surface area contributed by atoms with Crippen molar-refractivity contribution in [1.82, 2.24) is 4.90 Å². The molecule has 1 aromatic carbocycles. The Hall–Kier alpha value is -1.35. The van der Waals surface area contributed by atoms with E-state index in [0.29, 0.717) is 0 Å². The second kappa shape index (κ2) is 6.71. The lowest BCUT2D eigenvalue weighted by Gasteiger charge is -2.34. The Bertz CT molecular complexity index is 396. The number of carboxylic acids is 1. The van der Waals surface area contributed by atoms with Crippen molar-refractivity contribution in [2.24, 2.45) is 5.92 Å². The SMILES string of the molecule is CC(C(=O)O)N1CCC(CCc2ccccc2)CC1. The topological polar surface area (TPSA) is 40.5 Å². The number of piperidine rings is 1. The normalized spacial score (nSPS) is 19.2. The molecule has 1 saturated heterocycles. The first kappa shape index (κ1) is 14.1. The molecule has 1 fully saturated rings. The molecule has 1 heterocycles. The number of carboxylic acid groups (broad SMARTS) is 1. The highest BCUT2D eigenvalue weighted by Crippen LogP contribution is 2.23. The van der Waals surface area contributed by atoms with E-state index in [2.05, 4.69) is 35.2 Å². The molecule has 0 bridgehead atoms. The molecule has 0 saturated carbocycles. The second-order valence-electron chi connectivity index (χ2n) is 5.52. The van der Waals surface area contributed by atoms with Crippen LogP contribution in [0.25, 0.3) is 0 Å². The van der Waals surface area contributed by atoms with E-state index in [-0.39, 0.29) is 6.04 Å². The highest BCUT2D eigenvalue weighted by molar-refractivity contribution is 5.72. The second-order valence-corrected chi connectivity index (χ2v) is 5.52. The van der Waals surface area contributed by atoms with E-state index in [1.165, 1.54) is 12.0 Å². The maximum absolute atomic E-state index is 10.9. The Balaban J connectivity index is 1.73. The maximum Gasteiger partial charge on any atom is 0.320 e. The minimum Gasteiger partial charge on any atom is -0.480 e. The van der Waals surface area contributed by atoms with Gasteiger partial charge < -0.3 is 5.11 Å². The van der Waals surface area contributed by atoms with Crippen LogP contribution in [0.4, 0.5) is 0 Å². The van der Waals surface area contributed by atoms with E-state index in [9.17, 15) is 4.79 Å². The number of rotatable bonds is 5. The lowest BCUT2D eigenvalue weighted by atomic mass is 9.90. The van der Waals surface area contributed by atoms with Crippen molar-refractivity contribution in [3.05, 3.63) is 35.9 Å². The fourth-order valence-electron chi connectivity index (χ4n) is 2.80. The molecule has 19 heavy (non-hydrogen) atoms. The molecule has 0 radical (unpaired) electrons. The minimum atomic E-state index is -0.706. The molecule has 1 aliphatic rings. The third kappa shape index (κ3) is 4.06. The summed E-state index contributed by atoms with van der Waals surface area (Å²) >= 11 is 0. The van der Waals surface area contributed by atoms with Crippen LogP contribution in [-0.2, 0) is 11.2 Å². The molecule has 3 nitrogen and oxygen atoms in total. The number of aliphatic carboxylic acids is 1. The predicted molar refractivity (Wildman–Crippen MR) is 76.2 cm³/mol. The first-order valence-corrected chi connectivity index (χ1v) is 7.17. The molecule has 3 heteroatoms. The molecule has 2 rings (SSSR count). The van der Waals surface area contributed by atoms with Crippen molar-refractivity contribution in [1.29, 1.82) is 0 Å². The first-order valence-electron chi connectivity index (χ1n) is 7.17. The number of hydrogen-bond acceptors (Lipinski definition) is 2. The average Bonchev–Trinajstić information content (AvgIpc) is 2.46. The number of likely N-dealkylation sites (tertiary alicyclic amines) is 1. The number of aryl methyl sites for hydroxylation is 1. The Labute approximate surface area is 115 Å². The molecule has 1 aliphatic heterocycles. The minimum absolute atomic E-state index is 0.338. The van der Waals surface area contributed by atoms with Crippen molar-refractivity contribution in [2.75, 3.05) is 13.1 Å². The van der Waals surface area contributed by atoms with Crippen LogP contribution in [0.15, 0.2) is 30.3 Å². The van der Waals surface area contributed by atoms with E-state index < -0.39 is 5.97 Å². The van der Waals surface area contributed by atoms with Gasteiger partial charge in [-0.2, -0.15) is 0 Å². The van der Waals surface area contributed by atoms with Crippen molar-refractivity contribution >= 4 is 5.97 Å². The Morgan fingerprint density at radius 1 is 1.32 bits per heavy atom. The summed E-state index contributed by atoms with van der Waals surface area (Å²) in [6, 6.07) is 10.3. The predicted octanol–water partition coefficient (Wildman–Crippen LogP) is 2.80. The highest BCUT2D eigenvalue weighted by atomic mass is 16.4. The van der Waals surface area contributed by atoms with Gasteiger partial charge in [-0.3, -0.25) is 9.69 Å². The van der Waals surface area contributed by atoms with E-state index in [0.717, 1.165) is 38.3 Å². The molecule has 1 N–H and O–H groups in total. The summed E-state index contributed by atoms with van der Waals surface area (Å²) in [6.07, 6.45) is 4.62. The van der Waals surface area contributed by atoms with Gasteiger partial charge in [-0.25, -0.2) is 0 Å². The van der Waals surface area contributed by atoms with Crippen LogP contribution in [0, 0.1) is 5.92 Å². The number of carbonyl (C=O) groups is 1. The third-order valence-electron chi connectivity index (χ3n) is 4.24. The van der Waals surface area contributed by atoms with Gasteiger partial charge in [0.15, 0.2) is 0 Å². The van der Waals surface area contributed by atoms with E-state index in [4.69, 9.17) is 5.11 Å². The molecular formula is C16H23NO2. The maximum atomic E-state index is 10.9. The standard InChI is InChI=1S/C16H23NO2/c1-13(16(18)19)17-11-9-15(10-12-17)8-7-14-5-3-2-4-6-14/h2-6,13,15H,7-12H2,1H3,(H,18,19). The van der Waals surface area contributed by atoms with Crippen LogP contribution in [0.1, 0.15) is 31.7 Å². The van der Waals surface area contributed by atoms with Gasteiger partial charge in [0.1, 0.15) is 6.04 Å². The molecule has 1 atom stereocenters. The van der Waals surface area contributed by atoms with Gasteiger partial charge in [0, 0.05) is 0 Å². The zero-order valence-corrected chi connectivity index (χ0v) is 11.6. The molecular weight excluding hydrogens is 238 g/mol. The first-order chi connectivity index (χ1) is 9.16. The van der Waals surface area contributed by atoms with E-state index in [1.807, 2.05) is 0 Å². The van der Waals surface area contributed by atoms with Crippen molar-refractivity contribution in [2.45, 2.75) is 38.6 Å². The van der Waals surface area contributed by atoms with Gasteiger partial charge in [0.25, 0.3) is 0 Å². The largest absolute Gasteiger partial charge is 0.480 e. The van der Waals surface area contributed by atoms with Gasteiger partial charge in [0.05, 0.1) is 0 Å². The van der Waals surface area contributed by atoms with Crippen molar-refractivity contribution in [3.8, 4) is 0 Å². The smallest absolute Gasteiger partial charge is 0.320 e. The van der Waals surface area contributed by atoms with Crippen LogP contribution in [0.3, 0.4) is 0 Å². The van der Waals surface area contributed by atoms with Crippen LogP contribution >= 0.6 is 0 Å². The highest BCUT2D eigenvalue weighted by Gasteiger charge is 2.25. The van der Waals surface area contributed by atoms with Gasteiger partial charge in [0.2, 0.25) is 0 Å². The molecule has 0 aliphatic carbocycles. The lowest BCUT2D eigenvalue weighted by Crippen LogP contribution is -2.43.